The number of hydrogen-bond acceptors (Lipinski definition) is 3. The molecule has 2 aliphatic heterocycles. The number of carbonyl (C=O) groups is 1. The molecule has 0 bridgehead atoms. The predicted molar refractivity (Wildman–Crippen MR) is 96.4 cm³/mol. The molecule has 0 radical (unpaired) electrons. The molecule has 0 aromatic heterocycles. The second-order valence-electron chi connectivity index (χ2n) is 7.05. The first-order valence-electron chi connectivity index (χ1n) is 8.88. The molecule has 2 aromatic carbocycles. The minimum absolute atomic E-state index is 0.0112. The van der Waals surface area contributed by atoms with Crippen molar-refractivity contribution in [2.75, 3.05) is 22.9 Å². The first-order chi connectivity index (χ1) is 12.8. The topological polar surface area (TPSA) is 43.8 Å². The zero-order valence-corrected chi connectivity index (χ0v) is 14.5. The maximum Gasteiger partial charge on any atom is 0.416 e. The number of fused-ring (bicyclic) bond motifs is 3. The second-order valence-corrected chi connectivity index (χ2v) is 7.05. The van der Waals surface area contributed by atoms with E-state index in [2.05, 4.69) is 4.90 Å². The van der Waals surface area contributed by atoms with Crippen molar-refractivity contribution in [2.24, 2.45) is 5.92 Å². The molecule has 2 aliphatic rings. The summed E-state index contributed by atoms with van der Waals surface area (Å²) < 4.78 is 38.6. The lowest BCUT2D eigenvalue weighted by molar-refractivity contribution is -0.142. The van der Waals surface area contributed by atoms with Gasteiger partial charge < -0.3 is 14.9 Å². The van der Waals surface area contributed by atoms with Crippen LogP contribution in [0.5, 0.6) is 0 Å². The zero-order valence-electron chi connectivity index (χ0n) is 14.5. The molecule has 4 nitrogen and oxygen atoms in total. The van der Waals surface area contributed by atoms with Crippen molar-refractivity contribution in [1.82, 2.24) is 0 Å². The number of aliphatic carboxylic acids is 1. The van der Waals surface area contributed by atoms with E-state index in [9.17, 15) is 23.1 Å². The van der Waals surface area contributed by atoms with E-state index in [0.717, 1.165) is 23.5 Å². The van der Waals surface area contributed by atoms with Gasteiger partial charge in [0.1, 0.15) is 0 Å². The van der Waals surface area contributed by atoms with Crippen LogP contribution in [0.2, 0.25) is 0 Å². The molecule has 4 rings (SSSR count). The quantitative estimate of drug-likeness (QED) is 0.837. The first-order valence-corrected chi connectivity index (χ1v) is 8.88. The van der Waals surface area contributed by atoms with E-state index in [-0.39, 0.29) is 12.0 Å². The summed E-state index contributed by atoms with van der Waals surface area (Å²) in [5, 5.41) is 9.37. The van der Waals surface area contributed by atoms with Crippen molar-refractivity contribution >= 4 is 23.0 Å². The molecular formula is C20H19F3N2O2. The van der Waals surface area contributed by atoms with Crippen LogP contribution in [0, 0.1) is 5.92 Å². The number of carboxylic acid groups (broad SMARTS) is 1. The smallest absolute Gasteiger partial charge is 0.416 e. The van der Waals surface area contributed by atoms with Gasteiger partial charge in [0, 0.05) is 24.8 Å². The highest BCUT2D eigenvalue weighted by Crippen LogP contribution is 2.43. The third-order valence-electron chi connectivity index (χ3n) is 5.45. The number of rotatable bonds is 2. The van der Waals surface area contributed by atoms with Crippen LogP contribution in [0.1, 0.15) is 18.4 Å². The molecule has 1 fully saturated rings. The van der Waals surface area contributed by atoms with Crippen LogP contribution in [-0.2, 0) is 11.0 Å². The summed E-state index contributed by atoms with van der Waals surface area (Å²) in [6, 6.07) is 12.9. The largest absolute Gasteiger partial charge is 0.481 e. The summed E-state index contributed by atoms with van der Waals surface area (Å²) in [5.74, 6) is -1.17. The molecule has 0 spiro atoms. The van der Waals surface area contributed by atoms with E-state index < -0.39 is 17.7 Å². The Morgan fingerprint density at radius 1 is 1.04 bits per heavy atom. The number of alkyl halides is 3. The fourth-order valence-electron chi connectivity index (χ4n) is 4.08. The summed E-state index contributed by atoms with van der Waals surface area (Å²) in [4.78, 5) is 15.6. The van der Waals surface area contributed by atoms with Crippen molar-refractivity contribution in [3.63, 3.8) is 0 Å². The van der Waals surface area contributed by atoms with Gasteiger partial charge in [0.05, 0.1) is 22.9 Å². The van der Waals surface area contributed by atoms with Gasteiger partial charge in [-0.05, 0) is 49.2 Å². The highest BCUT2D eigenvalue weighted by molar-refractivity contribution is 5.81. The van der Waals surface area contributed by atoms with Crippen molar-refractivity contribution in [3.8, 4) is 0 Å². The van der Waals surface area contributed by atoms with Gasteiger partial charge in [-0.25, -0.2) is 0 Å². The SMILES string of the molecule is O=C(O)[C@H]1CCN2c3ccccc3N(c3ccc(C(F)(F)F)cc3)C[C@@H]2C1. The number of piperidine rings is 1. The zero-order chi connectivity index (χ0) is 19.2. The Kier molecular flexibility index (Phi) is 4.25. The molecule has 0 saturated carbocycles. The molecular weight excluding hydrogens is 357 g/mol. The maximum atomic E-state index is 12.9. The fraction of sp³-hybridized carbons (Fsp3) is 0.350. The van der Waals surface area contributed by atoms with Crippen LogP contribution in [0.25, 0.3) is 0 Å². The number of anilines is 3. The van der Waals surface area contributed by atoms with Crippen LogP contribution >= 0.6 is 0 Å². The minimum atomic E-state index is -4.37. The normalized spacial score (nSPS) is 22.2. The molecule has 0 amide bonds. The summed E-state index contributed by atoms with van der Waals surface area (Å²) in [7, 11) is 0. The van der Waals surface area contributed by atoms with Gasteiger partial charge in [0.2, 0.25) is 0 Å². The average Bonchev–Trinajstić information content (AvgIpc) is 2.66. The van der Waals surface area contributed by atoms with Crippen LogP contribution in [0.15, 0.2) is 48.5 Å². The van der Waals surface area contributed by atoms with Crippen molar-refractivity contribution < 1.29 is 23.1 Å². The monoisotopic (exact) mass is 376 g/mol. The fourth-order valence-corrected chi connectivity index (χ4v) is 4.08. The first kappa shape index (κ1) is 17.7. The standard InChI is InChI=1S/C20H19F3N2O2/c21-20(22,23)14-5-7-15(8-6-14)25-12-16-11-13(19(26)27)9-10-24(16)17-3-1-2-4-18(17)25/h1-8,13,16H,9-12H2,(H,26,27)/t13-,16-/m0/s1. The lowest BCUT2D eigenvalue weighted by Crippen LogP contribution is -2.52. The van der Waals surface area contributed by atoms with E-state index in [1.54, 1.807) is 0 Å². The lowest BCUT2D eigenvalue weighted by atomic mass is 9.88. The van der Waals surface area contributed by atoms with Gasteiger partial charge in [0.15, 0.2) is 0 Å². The molecule has 27 heavy (non-hydrogen) atoms. The van der Waals surface area contributed by atoms with Crippen molar-refractivity contribution in [3.05, 3.63) is 54.1 Å². The summed E-state index contributed by atoms with van der Waals surface area (Å²) in [5.41, 5.74) is 1.93. The Labute approximate surface area is 154 Å². The van der Waals surface area contributed by atoms with Gasteiger partial charge in [-0.1, -0.05) is 12.1 Å². The Balaban J connectivity index is 1.69. The highest BCUT2D eigenvalue weighted by Gasteiger charge is 2.38. The van der Waals surface area contributed by atoms with E-state index in [1.807, 2.05) is 29.2 Å². The van der Waals surface area contributed by atoms with Gasteiger partial charge in [-0.15, -0.1) is 0 Å². The molecule has 142 valence electrons. The molecule has 0 unspecified atom stereocenters. The summed E-state index contributed by atoms with van der Waals surface area (Å²) in [6.45, 7) is 1.21. The number of para-hydroxylation sites is 2. The summed E-state index contributed by atoms with van der Waals surface area (Å²) in [6.07, 6.45) is -3.24. The van der Waals surface area contributed by atoms with Crippen LogP contribution in [0.4, 0.5) is 30.2 Å². The van der Waals surface area contributed by atoms with Crippen LogP contribution < -0.4 is 9.80 Å². The second kappa shape index (κ2) is 6.48. The average molecular weight is 376 g/mol. The minimum Gasteiger partial charge on any atom is -0.481 e. The van der Waals surface area contributed by atoms with Crippen LogP contribution in [0.3, 0.4) is 0 Å². The maximum absolute atomic E-state index is 12.9. The van der Waals surface area contributed by atoms with Gasteiger partial charge in [-0.2, -0.15) is 13.2 Å². The summed E-state index contributed by atoms with van der Waals surface area (Å²) >= 11 is 0. The Morgan fingerprint density at radius 3 is 2.33 bits per heavy atom. The Bertz CT molecular complexity index is 851. The molecule has 1 N–H and O–H groups in total. The number of benzene rings is 2. The van der Waals surface area contributed by atoms with Gasteiger partial charge in [0.25, 0.3) is 0 Å². The molecule has 1 saturated heterocycles. The molecule has 7 heteroatoms. The molecule has 2 heterocycles. The molecule has 2 atom stereocenters. The lowest BCUT2D eigenvalue weighted by Gasteiger charge is -2.48. The van der Waals surface area contributed by atoms with Crippen molar-refractivity contribution in [2.45, 2.75) is 25.1 Å². The number of nitrogens with zero attached hydrogens (tertiary/aromatic N) is 2. The Morgan fingerprint density at radius 2 is 1.70 bits per heavy atom. The molecule has 2 aromatic rings. The van der Waals surface area contributed by atoms with Gasteiger partial charge in [-0.3, -0.25) is 4.79 Å². The van der Waals surface area contributed by atoms with E-state index in [0.29, 0.717) is 31.6 Å². The van der Waals surface area contributed by atoms with Crippen LogP contribution in [-0.4, -0.2) is 30.2 Å². The third kappa shape index (κ3) is 3.22. The predicted octanol–water partition coefficient (Wildman–Crippen LogP) is 4.53. The molecule has 0 aliphatic carbocycles. The van der Waals surface area contributed by atoms with Gasteiger partial charge >= 0.3 is 12.1 Å². The third-order valence-corrected chi connectivity index (χ3v) is 5.45. The van der Waals surface area contributed by atoms with E-state index in [1.165, 1.54) is 12.1 Å². The van der Waals surface area contributed by atoms with E-state index in [4.69, 9.17) is 0 Å². The number of halogens is 3. The highest BCUT2D eigenvalue weighted by atomic mass is 19.4. The van der Waals surface area contributed by atoms with E-state index >= 15 is 0 Å². The Hall–Kier alpha value is -2.70. The number of carboxylic acids is 1. The number of hydrogen-bond donors (Lipinski definition) is 1. The van der Waals surface area contributed by atoms with Crippen molar-refractivity contribution in [1.29, 1.82) is 0 Å².